The molecule has 2 rings (SSSR count). The van der Waals surface area contributed by atoms with E-state index in [-0.39, 0.29) is 5.97 Å². The van der Waals surface area contributed by atoms with Crippen molar-refractivity contribution in [2.75, 3.05) is 33.3 Å². The van der Waals surface area contributed by atoms with Crippen molar-refractivity contribution in [1.82, 2.24) is 10.2 Å². The van der Waals surface area contributed by atoms with Crippen LogP contribution in [-0.2, 0) is 16.0 Å². The Morgan fingerprint density at radius 3 is 2.81 bits per heavy atom. The Bertz CT molecular complexity index is 560. The fourth-order valence-electron chi connectivity index (χ4n) is 3.41. The Morgan fingerprint density at radius 2 is 2.08 bits per heavy atom. The number of benzene rings is 1. The molecule has 0 radical (unpaired) electrons. The molecule has 0 aliphatic carbocycles. The van der Waals surface area contributed by atoms with Crippen molar-refractivity contribution in [2.24, 2.45) is 10.9 Å². The molecule has 1 N–H and O–H groups in total. The number of nitrogens with one attached hydrogen (secondary N) is 1. The summed E-state index contributed by atoms with van der Waals surface area (Å²) in [5, 5.41) is 3.43. The summed E-state index contributed by atoms with van der Waals surface area (Å²) in [6.07, 6.45) is 5.76. The third-order valence-electron chi connectivity index (χ3n) is 4.82. The number of aliphatic imine (C=N–C) groups is 1. The van der Waals surface area contributed by atoms with Crippen LogP contribution < -0.4 is 5.32 Å². The van der Waals surface area contributed by atoms with E-state index in [2.05, 4.69) is 52.2 Å². The van der Waals surface area contributed by atoms with Gasteiger partial charge < -0.3 is 15.0 Å². The number of unbranched alkanes of at least 4 members (excludes halogenated alkanes) is 2. The Labute approximate surface area is 157 Å². The van der Waals surface area contributed by atoms with Gasteiger partial charge in [-0.1, -0.05) is 36.8 Å². The Morgan fingerprint density at radius 1 is 1.27 bits per heavy atom. The minimum Gasteiger partial charge on any atom is -0.469 e. The molecule has 0 aromatic heterocycles. The van der Waals surface area contributed by atoms with Crippen molar-refractivity contribution in [3.8, 4) is 0 Å². The minimum atomic E-state index is -0.122. The highest BCUT2D eigenvalue weighted by Crippen LogP contribution is 2.21. The van der Waals surface area contributed by atoms with Crippen LogP contribution in [0.4, 0.5) is 0 Å². The average Bonchev–Trinajstić information content (AvgIpc) is 3.12. The third kappa shape index (κ3) is 7.06. The maximum atomic E-state index is 11.1. The SMILES string of the molecule is CCNC(=NCCCCCC(=O)OC)N1CCC(Cc2ccccc2)C1. The van der Waals surface area contributed by atoms with E-state index in [0.717, 1.165) is 57.8 Å². The van der Waals surface area contributed by atoms with Crippen molar-refractivity contribution in [1.29, 1.82) is 0 Å². The molecule has 5 nitrogen and oxygen atoms in total. The largest absolute Gasteiger partial charge is 0.469 e. The predicted molar refractivity (Wildman–Crippen MR) is 106 cm³/mol. The number of ether oxygens (including phenoxy) is 1. The quantitative estimate of drug-likeness (QED) is 0.318. The zero-order chi connectivity index (χ0) is 18.6. The van der Waals surface area contributed by atoms with Crippen LogP contribution in [0, 0.1) is 5.92 Å². The van der Waals surface area contributed by atoms with E-state index in [9.17, 15) is 4.79 Å². The average molecular weight is 360 g/mol. The van der Waals surface area contributed by atoms with Gasteiger partial charge in [-0.05, 0) is 44.1 Å². The molecule has 1 saturated heterocycles. The lowest BCUT2D eigenvalue weighted by molar-refractivity contribution is -0.140. The van der Waals surface area contributed by atoms with Crippen LogP contribution in [-0.4, -0.2) is 50.1 Å². The fourth-order valence-corrected chi connectivity index (χ4v) is 3.41. The van der Waals surface area contributed by atoms with Gasteiger partial charge in [0.1, 0.15) is 0 Å². The molecule has 1 aliphatic rings. The maximum absolute atomic E-state index is 11.1. The van der Waals surface area contributed by atoms with Gasteiger partial charge in [0.25, 0.3) is 0 Å². The van der Waals surface area contributed by atoms with Gasteiger partial charge in [-0.15, -0.1) is 0 Å². The summed E-state index contributed by atoms with van der Waals surface area (Å²) >= 11 is 0. The molecule has 0 saturated carbocycles. The number of methoxy groups -OCH3 is 1. The van der Waals surface area contributed by atoms with Gasteiger partial charge in [0.2, 0.25) is 0 Å². The van der Waals surface area contributed by atoms with Crippen LogP contribution in [0.15, 0.2) is 35.3 Å². The lowest BCUT2D eigenvalue weighted by Crippen LogP contribution is -2.40. The molecular weight excluding hydrogens is 326 g/mol. The van der Waals surface area contributed by atoms with Crippen molar-refractivity contribution < 1.29 is 9.53 Å². The second-order valence-corrected chi connectivity index (χ2v) is 6.91. The molecule has 0 amide bonds. The number of likely N-dealkylation sites (tertiary alicyclic amines) is 1. The van der Waals surface area contributed by atoms with Crippen LogP contribution in [0.1, 0.15) is 44.6 Å². The minimum absolute atomic E-state index is 0.122. The van der Waals surface area contributed by atoms with E-state index in [1.54, 1.807) is 0 Å². The van der Waals surface area contributed by atoms with E-state index in [1.807, 2.05) is 0 Å². The maximum Gasteiger partial charge on any atom is 0.305 e. The van der Waals surface area contributed by atoms with Crippen LogP contribution >= 0.6 is 0 Å². The van der Waals surface area contributed by atoms with Gasteiger partial charge >= 0.3 is 5.97 Å². The Kier molecular flexibility index (Phi) is 9.01. The first-order valence-corrected chi connectivity index (χ1v) is 9.87. The normalized spacial score (nSPS) is 17.4. The summed E-state index contributed by atoms with van der Waals surface area (Å²) in [6, 6.07) is 10.7. The van der Waals surface area contributed by atoms with Gasteiger partial charge in [-0.25, -0.2) is 0 Å². The van der Waals surface area contributed by atoms with Crippen LogP contribution in [0.25, 0.3) is 0 Å². The number of carbonyl (C=O) groups excluding carboxylic acids is 1. The molecule has 0 bridgehead atoms. The van der Waals surface area contributed by atoms with Gasteiger partial charge in [-0.3, -0.25) is 9.79 Å². The predicted octanol–water partition coefficient (Wildman–Crippen LogP) is 3.25. The van der Waals surface area contributed by atoms with Crippen molar-refractivity contribution in [3.63, 3.8) is 0 Å². The van der Waals surface area contributed by atoms with Crippen molar-refractivity contribution >= 4 is 11.9 Å². The zero-order valence-electron chi connectivity index (χ0n) is 16.2. The number of rotatable bonds is 9. The molecule has 26 heavy (non-hydrogen) atoms. The topological polar surface area (TPSA) is 53.9 Å². The van der Waals surface area contributed by atoms with Crippen LogP contribution in [0.5, 0.6) is 0 Å². The lowest BCUT2D eigenvalue weighted by Gasteiger charge is -2.21. The number of hydrogen-bond acceptors (Lipinski definition) is 3. The van der Waals surface area contributed by atoms with Crippen molar-refractivity contribution in [3.05, 3.63) is 35.9 Å². The van der Waals surface area contributed by atoms with E-state index < -0.39 is 0 Å². The van der Waals surface area contributed by atoms with Gasteiger partial charge in [0.05, 0.1) is 7.11 Å². The molecule has 5 heteroatoms. The zero-order valence-corrected chi connectivity index (χ0v) is 16.2. The number of nitrogens with zero attached hydrogens (tertiary/aromatic N) is 2. The summed E-state index contributed by atoms with van der Waals surface area (Å²) in [6.45, 7) is 5.96. The molecule has 1 heterocycles. The molecule has 0 spiro atoms. The summed E-state index contributed by atoms with van der Waals surface area (Å²) in [5.74, 6) is 1.61. The first-order chi connectivity index (χ1) is 12.7. The first-order valence-electron chi connectivity index (χ1n) is 9.87. The highest BCUT2D eigenvalue weighted by molar-refractivity contribution is 5.80. The Balaban J connectivity index is 1.75. The molecular formula is C21H33N3O2. The van der Waals surface area contributed by atoms with Crippen molar-refractivity contribution in [2.45, 2.75) is 45.4 Å². The molecule has 1 atom stereocenters. The monoisotopic (exact) mass is 359 g/mol. The molecule has 1 unspecified atom stereocenters. The standard InChI is InChI=1S/C21H33N3O2/c1-3-22-21(23-14-9-5-8-12-20(25)26-2)24-15-13-19(17-24)16-18-10-6-4-7-11-18/h4,6-7,10-11,19H,3,5,8-9,12-17H2,1-2H3,(H,22,23). The number of carbonyl (C=O) groups is 1. The van der Waals surface area contributed by atoms with Gasteiger partial charge in [0, 0.05) is 32.6 Å². The second kappa shape index (κ2) is 11.6. The number of guanidine groups is 1. The number of esters is 1. The molecule has 1 aliphatic heterocycles. The summed E-state index contributed by atoms with van der Waals surface area (Å²) in [4.78, 5) is 18.3. The van der Waals surface area contributed by atoms with Gasteiger partial charge in [0.15, 0.2) is 5.96 Å². The van der Waals surface area contributed by atoms with E-state index in [4.69, 9.17) is 4.99 Å². The summed E-state index contributed by atoms with van der Waals surface area (Å²) in [5.41, 5.74) is 1.42. The fraction of sp³-hybridized carbons (Fsp3) is 0.619. The smallest absolute Gasteiger partial charge is 0.305 e. The van der Waals surface area contributed by atoms with Crippen LogP contribution in [0.3, 0.4) is 0 Å². The van der Waals surface area contributed by atoms with E-state index >= 15 is 0 Å². The van der Waals surface area contributed by atoms with Crippen LogP contribution in [0.2, 0.25) is 0 Å². The van der Waals surface area contributed by atoms with Gasteiger partial charge in [-0.2, -0.15) is 0 Å². The second-order valence-electron chi connectivity index (χ2n) is 6.91. The summed E-state index contributed by atoms with van der Waals surface area (Å²) < 4.78 is 4.66. The summed E-state index contributed by atoms with van der Waals surface area (Å²) in [7, 11) is 1.44. The molecule has 1 aromatic rings. The highest BCUT2D eigenvalue weighted by Gasteiger charge is 2.24. The van der Waals surface area contributed by atoms with E-state index in [0.29, 0.717) is 12.3 Å². The number of hydrogen-bond donors (Lipinski definition) is 1. The molecule has 1 aromatic carbocycles. The lowest BCUT2D eigenvalue weighted by atomic mass is 9.99. The van der Waals surface area contributed by atoms with E-state index in [1.165, 1.54) is 19.1 Å². The molecule has 144 valence electrons. The third-order valence-corrected chi connectivity index (χ3v) is 4.82. The molecule has 1 fully saturated rings. The highest BCUT2D eigenvalue weighted by atomic mass is 16.5. The first kappa shape index (κ1) is 20.3. The Hall–Kier alpha value is -2.04.